The number of aliphatic carboxylic acids is 1. The van der Waals surface area contributed by atoms with Crippen LogP contribution in [0.1, 0.15) is 16.9 Å². The summed E-state index contributed by atoms with van der Waals surface area (Å²) in [6, 6.07) is 1.95. The lowest BCUT2D eigenvalue weighted by Gasteiger charge is -2.17. The molecule has 20 heavy (non-hydrogen) atoms. The first-order chi connectivity index (χ1) is 9.44. The molecule has 0 unspecified atom stereocenters. The average Bonchev–Trinajstić information content (AvgIpc) is 2.73. The molecule has 0 saturated carbocycles. The van der Waals surface area contributed by atoms with Crippen molar-refractivity contribution in [2.75, 3.05) is 24.6 Å². The smallest absolute Gasteiger partial charge is 0.328 e. The Bertz CT molecular complexity index is 604. The molecule has 0 atom stereocenters. The first-order valence-electron chi connectivity index (χ1n) is 6.36. The lowest BCUT2D eigenvalue weighted by molar-refractivity contribution is -0.131. The van der Waals surface area contributed by atoms with Crippen LogP contribution < -0.4 is 0 Å². The quantitative estimate of drug-likeness (QED) is 0.852. The van der Waals surface area contributed by atoms with Crippen molar-refractivity contribution >= 4 is 33.2 Å². The van der Waals surface area contributed by atoms with Crippen LogP contribution in [0.5, 0.6) is 0 Å². The van der Waals surface area contributed by atoms with Gasteiger partial charge in [0.1, 0.15) is 0 Å². The molecule has 0 amide bonds. The van der Waals surface area contributed by atoms with Crippen molar-refractivity contribution in [1.29, 1.82) is 0 Å². The Labute approximate surface area is 122 Å². The number of rotatable bonds is 4. The van der Waals surface area contributed by atoms with Gasteiger partial charge in [-0.15, -0.1) is 11.3 Å². The second-order valence-corrected chi connectivity index (χ2v) is 8.10. The minimum Gasteiger partial charge on any atom is -0.478 e. The van der Waals surface area contributed by atoms with E-state index in [2.05, 4.69) is 4.90 Å². The molecule has 1 saturated heterocycles. The molecule has 2 rings (SSSR count). The third-order valence-corrected chi connectivity index (χ3v) is 5.78. The molecule has 5 nitrogen and oxygen atoms in total. The third kappa shape index (κ3) is 4.73. The summed E-state index contributed by atoms with van der Waals surface area (Å²) in [5, 5.41) is 10.5. The molecular formula is C13H17NO4S2. The van der Waals surface area contributed by atoms with Gasteiger partial charge in [0.25, 0.3) is 0 Å². The topological polar surface area (TPSA) is 74.7 Å². The van der Waals surface area contributed by atoms with E-state index in [1.165, 1.54) is 0 Å². The molecule has 1 aliphatic heterocycles. The van der Waals surface area contributed by atoms with Crippen LogP contribution in [0.15, 0.2) is 17.5 Å². The molecule has 2 heterocycles. The number of carboxylic acids is 1. The summed E-state index contributed by atoms with van der Waals surface area (Å²) < 4.78 is 23.1. The highest BCUT2D eigenvalue weighted by Crippen LogP contribution is 2.19. The maximum atomic E-state index is 11.5. The molecule has 1 aromatic rings. The van der Waals surface area contributed by atoms with E-state index in [0.29, 0.717) is 13.0 Å². The minimum absolute atomic E-state index is 0.226. The average molecular weight is 315 g/mol. The molecule has 0 spiro atoms. The maximum absolute atomic E-state index is 11.5. The van der Waals surface area contributed by atoms with E-state index in [4.69, 9.17) is 5.11 Å². The lowest BCUT2D eigenvalue weighted by Crippen LogP contribution is -2.26. The summed E-state index contributed by atoms with van der Waals surface area (Å²) in [4.78, 5) is 13.7. The number of nitrogens with zero attached hydrogens (tertiary/aromatic N) is 1. The number of hydrogen-bond acceptors (Lipinski definition) is 5. The number of thiophene rings is 1. The monoisotopic (exact) mass is 315 g/mol. The van der Waals surface area contributed by atoms with Gasteiger partial charge in [0.05, 0.1) is 11.5 Å². The summed E-state index contributed by atoms with van der Waals surface area (Å²) in [5.41, 5.74) is 0.870. The van der Waals surface area contributed by atoms with Crippen molar-refractivity contribution in [3.8, 4) is 0 Å². The predicted molar refractivity (Wildman–Crippen MR) is 79.5 cm³/mol. The van der Waals surface area contributed by atoms with Crippen LogP contribution in [-0.4, -0.2) is 49.0 Å². The van der Waals surface area contributed by atoms with Crippen LogP contribution in [0.4, 0.5) is 0 Å². The van der Waals surface area contributed by atoms with Gasteiger partial charge >= 0.3 is 5.97 Å². The van der Waals surface area contributed by atoms with E-state index in [1.54, 1.807) is 17.4 Å². The SMILES string of the molecule is O=C(O)/C=C/c1csc(CN2CCCS(=O)(=O)CC2)c1. The van der Waals surface area contributed by atoms with Crippen molar-refractivity contribution in [2.45, 2.75) is 13.0 Å². The molecular weight excluding hydrogens is 298 g/mol. The van der Waals surface area contributed by atoms with Crippen LogP contribution in [0.3, 0.4) is 0 Å². The van der Waals surface area contributed by atoms with Gasteiger partial charge in [0, 0.05) is 24.0 Å². The van der Waals surface area contributed by atoms with Gasteiger partial charge in [0.2, 0.25) is 0 Å². The highest BCUT2D eigenvalue weighted by atomic mass is 32.2. The standard InChI is InChI=1S/C13H17NO4S2/c15-13(16)3-2-11-8-12(19-10-11)9-14-4-1-6-20(17,18)7-5-14/h2-3,8,10H,1,4-7,9H2,(H,15,16)/b3-2+. The fraction of sp³-hybridized carbons (Fsp3) is 0.462. The highest BCUT2D eigenvalue weighted by molar-refractivity contribution is 7.91. The molecule has 0 bridgehead atoms. The maximum Gasteiger partial charge on any atom is 0.328 e. The Hall–Kier alpha value is -1.18. The largest absolute Gasteiger partial charge is 0.478 e. The second-order valence-electron chi connectivity index (χ2n) is 4.80. The van der Waals surface area contributed by atoms with Crippen molar-refractivity contribution in [3.63, 3.8) is 0 Å². The zero-order chi connectivity index (χ0) is 14.6. The van der Waals surface area contributed by atoms with Gasteiger partial charge in [-0.05, 0) is 36.1 Å². The summed E-state index contributed by atoms with van der Waals surface area (Å²) in [6.45, 7) is 2.08. The first kappa shape index (κ1) is 15.2. The van der Waals surface area contributed by atoms with E-state index >= 15 is 0 Å². The van der Waals surface area contributed by atoms with E-state index in [9.17, 15) is 13.2 Å². The Morgan fingerprint density at radius 1 is 1.40 bits per heavy atom. The lowest BCUT2D eigenvalue weighted by atomic mass is 10.2. The van der Waals surface area contributed by atoms with E-state index in [1.807, 2.05) is 11.4 Å². The molecule has 1 N–H and O–H groups in total. The van der Waals surface area contributed by atoms with Crippen LogP contribution in [0.25, 0.3) is 6.08 Å². The Kier molecular flexibility index (Phi) is 4.95. The molecule has 1 aliphatic rings. The Balaban J connectivity index is 1.95. The zero-order valence-electron chi connectivity index (χ0n) is 11.0. The summed E-state index contributed by atoms with van der Waals surface area (Å²) in [5.74, 6) is -0.458. The van der Waals surface area contributed by atoms with Crippen LogP contribution in [-0.2, 0) is 21.2 Å². The van der Waals surface area contributed by atoms with Crippen molar-refractivity contribution in [2.24, 2.45) is 0 Å². The van der Waals surface area contributed by atoms with Crippen LogP contribution in [0, 0.1) is 0 Å². The van der Waals surface area contributed by atoms with Crippen molar-refractivity contribution < 1.29 is 18.3 Å². The number of carboxylic acid groups (broad SMARTS) is 1. The van der Waals surface area contributed by atoms with Crippen LogP contribution >= 0.6 is 11.3 Å². The van der Waals surface area contributed by atoms with Crippen molar-refractivity contribution in [1.82, 2.24) is 4.90 Å². The van der Waals surface area contributed by atoms with E-state index in [-0.39, 0.29) is 11.5 Å². The molecule has 1 fully saturated rings. The summed E-state index contributed by atoms with van der Waals surface area (Å²) in [7, 11) is -2.87. The van der Waals surface area contributed by atoms with Gasteiger partial charge in [-0.2, -0.15) is 0 Å². The predicted octanol–water partition coefficient (Wildman–Crippen LogP) is 1.47. The molecule has 0 aliphatic carbocycles. The van der Waals surface area contributed by atoms with Gasteiger partial charge < -0.3 is 5.11 Å². The summed E-state index contributed by atoms with van der Waals surface area (Å²) >= 11 is 1.57. The number of sulfone groups is 1. The Morgan fingerprint density at radius 2 is 2.20 bits per heavy atom. The zero-order valence-corrected chi connectivity index (χ0v) is 12.6. The van der Waals surface area contributed by atoms with Gasteiger partial charge in [-0.25, -0.2) is 13.2 Å². The molecule has 0 radical (unpaired) electrons. The normalized spacial score (nSPS) is 20.0. The van der Waals surface area contributed by atoms with Gasteiger partial charge in [-0.3, -0.25) is 4.90 Å². The third-order valence-electron chi connectivity index (χ3n) is 3.12. The van der Waals surface area contributed by atoms with Gasteiger partial charge in [0.15, 0.2) is 9.84 Å². The van der Waals surface area contributed by atoms with Gasteiger partial charge in [-0.1, -0.05) is 0 Å². The second kappa shape index (κ2) is 6.51. The molecule has 110 valence electrons. The molecule has 1 aromatic heterocycles. The molecule has 7 heteroatoms. The summed E-state index contributed by atoms with van der Waals surface area (Å²) in [6.07, 6.45) is 3.36. The number of carbonyl (C=O) groups is 1. The highest BCUT2D eigenvalue weighted by Gasteiger charge is 2.19. The fourth-order valence-electron chi connectivity index (χ4n) is 2.10. The van der Waals surface area contributed by atoms with E-state index in [0.717, 1.165) is 29.6 Å². The van der Waals surface area contributed by atoms with Crippen molar-refractivity contribution in [3.05, 3.63) is 28.0 Å². The fourth-order valence-corrected chi connectivity index (χ4v) is 4.31. The molecule has 0 aromatic carbocycles. The first-order valence-corrected chi connectivity index (χ1v) is 9.06. The number of hydrogen-bond donors (Lipinski definition) is 1. The minimum atomic E-state index is -2.87. The van der Waals surface area contributed by atoms with E-state index < -0.39 is 15.8 Å². The Morgan fingerprint density at radius 3 is 2.95 bits per heavy atom. The van der Waals surface area contributed by atoms with Crippen LogP contribution in [0.2, 0.25) is 0 Å².